The second-order valence-corrected chi connectivity index (χ2v) is 11.7. The first-order chi connectivity index (χ1) is 16.4. The third-order valence-electron chi connectivity index (χ3n) is 6.08. The lowest BCUT2D eigenvalue weighted by Crippen LogP contribution is -2.33. The average molecular weight is 461 g/mol. The van der Waals surface area contributed by atoms with Crippen LogP contribution in [-0.2, 0) is 4.57 Å². The summed E-state index contributed by atoms with van der Waals surface area (Å²) in [5.74, 6) is 6.03. The van der Waals surface area contributed by atoms with Gasteiger partial charge in [0.05, 0.1) is 0 Å². The Labute approximate surface area is 200 Å². The lowest BCUT2D eigenvalue weighted by atomic mass is 10.1. The molecular weight excluding hydrogens is 435 g/mol. The molecule has 0 heterocycles. The molecule has 0 spiro atoms. The van der Waals surface area contributed by atoms with E-state index in [1.54, 1.807) is 6.92 Å². The van der Waals surface area contributed by atoms with Crippen LogP contribution >= 0.6 is 7.14 Å². The number of aliphatic hydroxyl groups is 1. The topological polar surface area (TPSA) is 37.3 Å². The van der Waals surface area contributed by atoms with Crippen LogP contribution in [0.5, 0.6) is 0 Å². The lowest BCUT2D eigenvalue weighted by molar-refractivity contribution is 0.146. The summed E-state index contributed by atoms with van der Waals surface area (Å²) in [7, 11) is -3.23. The van der Waals surface area contributed by atoms with Gasteiger partial charge >= 0.3 is 0 Å². The van der Waals surface area contributed by atoms with Crippen molar-refractivity contribution in [2.24, 2.45) is 0 Å². The van der Waals surface area contributed by atoms with Gasteiger partial charge in [-0.05, 0) is 52.7 Å². The molecule has 0 radical (unpaired) electrons. The third kappa shape index (κ3) is 4.55. The van der Waals surface area contributed by atoms with Crippen molar-refractivity contribution in [2.45, 2.75) is 12.5 Å². The van der Waals surface area contributed by atoms with Crippen molar-refractivity contribution in [1.82, 2.24) is 0 Å². The van der Waals surface area contributed by atoms with Gasteiger partial charge in [-0.25, -0.2) is 0 Å². The largest absolute Gasteiger partial charge is 0.377 e. The first-order valence-electron chi connectivity index (χ1n) is 11.3. The maximum atomic E-state index is 14.9. The van der Waals surface area contributed by atoms with Crippen LogP contribution in [0.25, 0.3) is 21.5 Å². The molecule has 0 fully saturated rings. The van der Waals surface area contributed by atoms with E-state index in [0.29, 0.717) is 0 Å². The zero-order valence-corrected chi connectivity index (χ0v) is 19.9. The minimum atomic E-state index is -3.23. The van der Waals surface area contributed by atoms with E-state index in [0.717, 1.165) is 37.7 Å². The first kappa shape index (κ1) is 22.2. The molecular formula is C31H25O2P. The van der Waals surface area contributed by atoms with Crippen molar-refractivity contribution in [2.75, 3.05) is 6.16 Å². The van der Waals surface area contributed by atoms with Crippen LogP contribution in [0.3, 0.4) is 0 Å². The van der Waals surface area contributed by atoms with Gasteiger partial charge in [-0.3, -0.25) is 0 Å². The second-order valence-electron chi connectivity index (χ2n) is 8.85. The molecule has 0 aromatic heterocycles. The number of benzene rings is 5. The molecule has 0 aliphatic rings. The fourth-order valence-electron chi connectivity index (χ4n) is 4.34. The van der Waals surface area contributed by atoms with Gasteiger partial charge < -0.3 is 9.67 Å². The Balaban J connectivity index is 1.64. The normalized spacial score (nSPS) is 13.2. The molecule has 0 saturated heterocycles. The van der Waals surface area contributed by atoms with Gasteiger partial charge in [0.1, 0.15) is 12.7 Å². The molecule has 34 heavy (non-hydrogen) atoms. The summed E-state index contributed by atoms with van der Waals surface area (Å²) in [6.45, 7) is 1.65. The van der Waals surface area contributed by atoms with E-state index >= 15 is 0 Å². The fourth-order valence-corrected chi connectivity index (χ4v) is 7.27. The molecule has 5 aromatic carbocycles. The molecule has 5 rings (SSSR count). The Kier molecular flexibility index (Phi) is 5.84. The molecule has 0 amide bonds. The SMILES string of the molecule is C[C@](O)(C#Cc1ccccc1)CP(=O)(c1ccc2ccccc2c1)c1ccc2ccccc2c1. The summed E-state index contributed by atoms with van der Waals surface area (Å²) >= 11 is 0. The highest BCUT2D eigenvalue weighted by molar-refractivity contribution is 7.78. The summed E-state index contributed by atoms with van der Waals surface area (Å²) in [5, 5.41) is 17.0. The maximum absolute atomic E-state index is 14.9. The average Bonchev–Trinajstić information content (AvgIpc) is 2.87. The van der Waals surface area contributed by atoms with Gasteiger partial charge in [0.15, 0.2) is 0 Å². The van der Waals surface area contributed by atoms with Gasteiger partial charge in [0.2, 0.25) is 0 Å². The molecule has 0 aliphatic heterocycles. The van der Waals surface area contributed by atoms with E-state index < -0.39 is 12.7 Å². The zero-order chi connectivity index (χ0) is 23.6. The Morgan fingerprint density at radius 3 is 1.68 bits per heavy atom. The quantitative estimate of drug-likeness (QED) is 0.260. The van der Waals surface area contributed by atoms with Gasteiger partial charge in [-0.15, -0.1) is 0 Å². The molecule has 0 unspecified atom stereocenters. The fraction of sp³-hybridized carbons (Fsp3) is 0.0968. The van der Waals surface area contributed by atoms with Crippen LogP contribution < -0.4 is 10.6 Å². The van der Waals surface area contributed by atoms with Crippen LogP contribution in [0.1, 0.15) is 12.5 Å². The molecule has 0 saturated carbocycles. The Hall–Kier alpha value is -3.63. The second kappa shape index (κ2) is 8.96. The Morgan fingerprint density at radius 1 is 0.676 bits per heavy atom. The highest BCUT2D eigenvalue weighted by Crippen LogP contribution is 2.47. The van der Waals surface area contributed by atoms with E-state index in [-0.39, 0.29) is 6.16 Å². The molecule has 1 atom stereocenters. The number of fused-ring (bicyclic) bond motifs is 2. The maximum Gasteiger partial charge on any atom is 0.147 e. The van der Waals surface area contributed by atoms with Crippen LogP contribution in [0, 0.1) is 11.8 Å². The molecule has 3 heteroatoms. The smallest absolute Gasteiger partial charge is 0.147 e. The number of rotatable bonds is 4. The van der Waals surface area contributed by atoms with Crippen molar-refractivity contribution in [1.29, 1.82) is 0 Å². The molecule has 166 valence electrons. The van der Waals surface area contributed by atoms with Crippen LogP contribution in [0.2, 0.25) is 0 Å². The first-order valence-corrected chi connectivity index (χ1v) is 13.2. The summed E-state index contributed by atoms with van der Waals surface area (Å²) in [6.07, 6.45) is 0.0243. The molecule has 0 aliphatic carbocycles. The van der Waals surface area contributed by atoms with Gasteiger partial charge in [-0.1, -0.05) is 103 Å². The highest BCUT2D eigenvalue weighted by atomic mass is 31.2. The standard InChI is InChI=1S/C31H25O2P/c1-31(32,20-19-24-9-3-2-4-10-24)23-34(33,29-17-15-25-11-5-7-13-27(25)21-29)30-18-16-26-12-6-8-14-28(26)22-30/h2-18,21-22,32H,23H2,1H3/t31-/m0/s1. The van der Waals surface area contributed by atoms with Crippen molar-refractivity contribution >= 4 is 39.3 Å². The van der Waals surface area contributed by atoms with E-state index in [1.807, 2.05) is 115 Å². The van der Waals surface area contributed by atoms with Gasteiger partial charge in [0.25, 0.3) is 0 Å². The molecule has 0 bridgehead atoms. The van der Waals surface area contributed by atoms with Gasteiger partial charge in [0, 0.05) is 22.3 Å². The molecule has 2 nitrogen and oxygen atoms in total. The van der Waals surface area contributed by atoms with Crippen molar-refractivity contribution in [3.8, 4) is 11.8 Å². The summed E-state index contributed by atoms with van der Waals surface area (Å²) in [5.41, 5.74) is -0.628. The van der Waals surface area contributed by atoms with E-state index in [1.165, 1.54) is 0 Å². The van der Waals surface area contributed by atoms with Crippen LogP contribution in [0.15, 0.2) is 115 Å². The number of hydrogen-bond donors (Lipinski definition) is 1. The predicted molar refractivity (Wildman–Crippen MR) is 144 cm³/mol. The van der Waals surface area contributed by atoms with Crippen molar-refractivity contribution < 1.29 is 9.67 Å². The summed E-state index contributed by atoms with van der Waals surface area (Å²) in [6, 6.07) is 37.5. The highest BCUT2D eigenvalue weighted by Gasteiger charge is 2.35. The van der Waals surface area contributed by atoms with E-state index in [4.69, 9.17) is 0 Å². The third-order valence-corrected chi connectivity index (χ3v) is 9.37. The van der Waals surface area contributed by atoms with Crippen LogP contribution in [-0.4, -0.2) is 16.9 Å². The van der Waals surface area contributed by atoms with E-state index in [9.17, 15) is 9.67 Å². The summed E-state index contributed by atoms with van der Waals surface area (Å²) < 4.78 is 14.9. The zero-order valence-electron chi connectivity index (χ0n) is 19.0. The minimum Gasteiger partial charge on any atom is -0.377 e. The molecule has 1 N–H and O–H groups in total. The number of hydrogen-bond acceptors (Lipinski definition) is 2. The monoisotopic (exact) mass is 460 g/mol. The predicted octanol–water partition coefficient (Wildman–Crippen LogP) is 6.11. The van der Waals surface area contributed by atoms with Gasteiger partial charge in [-0.2, -0.15) is 0 Å². The molecule has 5 aromatic rings. The Bertz CT molecular complexity index is 1510. The van der Waals surface area contributed by atoms with Crippen molar-refractivity contribution in [3.63, 3.8) is 0 Å². The Morgan fingerprint density at radius 2 is 1.15 bits per heavy atom. The van der Waals surface area contributed by atoms with Crippen LogP contribution in [0.4, 0.5) is 0 Å². The lowest BCUT2D eigenvalue weighted by Gasteiger charge is -2.26. The minimum absolute atomic E-state index is 0.0243. The van der Waals surface area contributed by atoms with E-state index in [2.05, 4.69) is 11.8 Å². The summed E-state index contributed by atoms with van der Waals surface area (Å²) in [4.78, 5) is 0. The van der Waals surface area contributed by atoms with Crippen molar-refractivity contribution in [3.05, 3.63) is 121 Å².